The summed E-state index contributed by atoms with van der Waals surface area (Å²) in [6.45, 7) is 5.02. The maximum absolute atomic E-state index is 13.0. The molecule has 3 rings (SSSR count). The summed E-state index contributed by atoms with van der Waals surface area (Å²) in [6.07, 6.45) is 8.28. The first-order valence-corrected chi connectivity index (χ1v) is 9.99. The van der Waals surface area contributed by atoms with E-state index in [1.165, 1.54) is 30.3 Å². The number of aromatic nitrogens is 4. The summed E-state index contributed by atoms with van der Waals surface area (Å²) in [5.74, 6) is 0.600. The van der Waals surface area contributed by atoms with E-state index in [-0.39, 0.29) is 11.9 Å². The van der Waals surface area contributed by atoms with Gasteiger partial charge in [-0.05, 0) is 38.8 Å². The molecule has 2 aromatic heterocycles. The molecule has 1 atom stereocenters. The Morgan fingerprint density at radius 2 is 2.20 bits per heavy atom. The molecule has 1 amide bonds. The number of amides is 1. The summed E-state index contributed by atoms with van der Waals surface area (Å²) < 4.78 is 4.15. The molecule has 0 spiro atoms. The van der Waals surface area contributed by atoms with Gasteiger partial charge in [-0.15, -0.1) is 10.2 Å². The Balaban J connectivity index is 1.72. The van der Waals surface area contributed by atoms with E-state index < -0.39 is 0 Å². The monoisotopic (exact) mass is 361 g/mol. The summed E-state index contributed by atoms with van der Waals surface area (Å²) in [6, 6.07) is 4.67. The summed E-state index contributed by atoms with van der Waals surface area (Å²) in [7, 11) is 2.06. The third-order valence-corrected chi connectivity index (χ3v) is 5.76. The van der Waals surface area contributed by atoms with Gasteiger partial charge in [-0.1, -0.05) is 24.6 Å². The predicted octanol–water partition coefficient (Wildman–Crippen LogP) is 3.43. The Labute approximate surface area is 153 Å². The second kappa shape index (κ2) is 8.08. The van der Waals surface area contributed by atoms with E-state index in [1.54, 1.807) is 6.33 Å². The van der Waals surface area contributed by atoms with Crippen LogP contribution in [0.2, 0.25) is 0 Å². The van der Waals surface area contributed by atoms with Gasteiger partial charge in [-0.25, -0.2) is 0 Å². The third-order valence-electron chi connectivity index (χ3n) is 4.82. The van der Waals surface area contributed by atoms with Gasteiger partial charge < -0.3 is 14.0 Å². The van der Waals surface area contributed by atoms with Crippen molar-refractivity contribution in [3.05, 3.63) is 30.4 Å². The number of likely N-dealkylation sites (tertiary alicyclic amines) is 1. The van der Waals surface area contributed by atoms with E-state index in [4.69, 9.17) is 0 Å². The molecule has 2 aromatic rings. The quantitative estimate of drug-likeness (QED) is 0.766. The number of hydrogen-bond donors (Lipinski definition) is 0. The molecular weight excluding hydrogens is 334 g/mol. The summed E-state index contributed by atoms with van der Waals surface area (Å²) in [4.78, 5) is 15.1. The van der Waals surface area contributed by atoms with Crippen LogP contribution in [0.15, 0.2) is 29.8 Å². The van der Waals surface area contributed by atoms with E-state index in [1.807, 2.05) is 4.57 Å². The van der Waals surface area contributed by atoms with E-state index in [9.17, 15) is 4.79 Å². The standard InChI is InChI=1S/C18H27N5OS/c1-14(2)23-13-19-20-18(23)25-12-17(24)22-11-6-4-5-8-16(22)15-9-7-10-21(15)3/h7,9-10,13-14,16H,4-6,8,11-12H2,1-3H3/t16-/m1/s1. The molecule has 1 aliphatic heterocycles. The van der Waals surface area contributed by atoms with Crippen molar-refractivity contribution in [3.63, 3.8) is 0 Å². The molecular formula is C18H27N5OS. The van der Waals surface area contributed by atoms with Crippen molar-refractivity contribution in [2.45, 2.75) is 56.8 Å². The molecule has 3 heterocycles. The number of nitrogens with zero attached hydrogens (tertiary/aromatic N) is 5. The van der Waals surface area contributed by atoms with Crippen LogP contribution in [-0.2, 0) is 11.8 Å². The van der Waals surface area contributed by atoms with Gasteiger partial charge in [0.1, 0.15) is 6.33 Å². The molecule has 0 aliphatic carbocycles. The van der Waals surface area contributed by atoms with Gasteiger partial charge >= 0.3 is 0 Å². The van der Waals surface area contributed by atoms with Crippen LogP contribution < -0.4 is 0 Å². The molecule has 1 aliphatic rings. The van der Waals surface area contributed by atoms with Gasteiger partial charge in [0.15, 0.2) is 5.16 Å². The topological polar surface area (TPSA) is 56.0 Å². The molecule has 7 heteroatoms. The van der Waals surface area contributed by atoms with Crippen molar-refractivity contribution in [3.8, 4) is 0 Å². The summed E-state index contributed by atoms with van der Waals surface area (Å²) in [5.41, 5.74) is 1.23. The maximum Gasteiger partial charge on any atom is 0.233 e. The molecule has 25 heavy (non-hydrogen) atoms. The van der Waals surface area contributed by atoms with Gasteiger partial charge in [-0.2, -0.15) is 0 Å². The average Bonchev–Trinajstić information content (AvgIpc) is 3.15. The molecule has 1 saturated heterocycles. The Bertz CT molecular complexity index is 708. The van der Waals surface area contributed by atoms with Crippen LogP contribution in [0.1, 0.15) is 57.3 Å². The fraction of sp³-hybridized carbons (Fsp3) is 0.611. The number of aryl methyl sites for hydroxylation is 1. The molecule has 0 N–H and O–H groups in total. The lowest BCUT2D eigenvalue weighted by Crippen LogP contribution is -2.36. The molecule has 0 aromatic carbocycles. The normalized spacial score (nSPS) is 18.6. The lowest BCUT2D eigenvalue weighted by atomic mass is 10.1. The first-order valence-electron chi connectivity index (χ1n) is 9.01. The molecule has 0 bridgehead atoms. The number of carbonyl (C=O) groups is 1. The molecule has 0 saturated carbocycles. The van der Waals surface area contributed by atoms with Crippen LogP contribution in [0.4, 0.5) is 0 Å². The van der Waals surface area contributed by atoms with Gasteiger partial charge in [0.05, 0.1) is 11.8 Å². The zero-order valence-corrected chi connectivity index (χ0v) is 16.1. The lowest BCUT2D eigenvalue weighted by Gasteiger charge is -2.30. The molecule has 0 radical (unpaired) electrons. The Hall–Kier alpha value is -1.76. The minimum absolute atomic E-state index is 0.179. The van der Waals surface area contributed by atoms with Gasteiger partial charge in [0.25, 0.3) is 0 Å². The average molecular weight is 362 g/mol. The van der Waals surface area contributed by atoms with Crippen molar-refractivity contribution >= 4 is 17.7 Å². The zero-order valence-electron chi connectivity index (χ0n) is 15.3. The smallest absolute Gasteiger partial charge is 0.233 e. The lowest BCUT2D eigenvalue weighted by molar-refractivity contribution is -0.130. The highest BCUT2D eigenvalue weighted by atomic mass is 32.2. The Morgan fingerprint density at radius 3 is 2.92 bits per heavy atom. The Kier molecular flexibility index (Phi) is 5.83. The summed E-state index contributed by atoms with van der Waals surface area (Å²) >= 11 is 1.49. The van der Waals surface area contributed by atoms with Crippen LogP contribution in [0.25, 0.3) is 0 Å². The highest BCUT2D eigenvalue weighted by molar-refractivity contribution is 7.99. The van der Waals surface area contributed by atoms with Crippen LogP contribution in [0.3, 0.4) is 0 Å². The first-order chi connectivity index (χ1) is 12.1. The first kappa shape index (κ1) is 18.0. The largest absolute Gasteiger partial charge is 0.353 e. The van der Waals surface area contributed by atoms with E-state index in [2.05, 4.69) is 58.9 Å². The SMILES string of the molecule is CC(C)n1cnnc1SCC(=O)N1CCCCC[C@@H]1c1cccn1C. The molecule has 0 unspecified atom stereocenters. The highest BCUT2D eigenvalue weighted by Gasteiger charge is 2.28. The second-order valence-corrected chi connectivity index (χ2v) is 7.84. The number of rotatable bonds is 5. The van der Waals surface area contributed by atoms with Crippen LogP contribution in [-0.4, -0.2) is 42.4 Å². The number of hydrogen-bond acceptors (Lipinski definition) is 4. The van der Waals surface area contributed by atoms with E-state index in [0.29, 0.717) is 11.8 Å². The van der Waals surface area contributed by atoms with Gasteiger partial charge in [-0.3, -0.25) is 4.79 Å². The van der Waals surface area contributed by atoms with Crippen LogP contribution >= 0.6 is 11.8 Å². The zero-order chi connectivity index (χ0) is 17.8. The van der Waals surface area contributed by atoms with Crippen LogP contribution in [0, 0.1) is 0 Å². The highest BCUT2D eigenvalue weighted by Crippen LogP contribution is 2.31. The minimum Gasteiger partial charge on any atom is -0.353 e. The fourth-order valence-electron chi connectivity index (χ4n) is 3.43. The maximum atomic E-state index is 13.0. The van der Waals surface area contributed by atoms with Crippen molar-refractivity contribution in [2.75, 3.05) is 12.3 Å². The fourth-order valence-corrected chi connectivity index (χ4v) is 4.36. The third kappa shape index (κ3) is 4.08. The number of carbonyl (C=O) groups excluding carboxylic acids is 1. The Morgan fingerprint density at radius 1 is 1.36 bits per heavy atom. The predicted molar refractivity (Wildman–Crippen MR) is 99.5 cm³/mol. The van der Waals surface area contributed by atoms with E-state index in [0.717, 1.165) is 24.5 Å². The van der Waals surface area contributed by atoms with Crippen LogP contribution in [0.5, 0.6) is 0 Å². The molecule has 6 nitrogen and oxygen atoms in total. The van der Waals surface area contributed by atoms with Crippen molar-refractivity contribution in [1.82, 2.24) is 24.2 Å². The number of thioether (sulfide) groups is 1. The van der Waals surface area contributed by atoms with Gasteiger partial charge in [0.2, 0.25) is 5.91 Å². The molecule has 1 fully saturated rings. The second-order valence-electron chi connectivity index (χ2n) is 6.90. The van der Waals surface area contributed by atoms with Gasteiger partial charge in [0, 0.05) is 31.5 Å². The molecule has 136 valence electrons. The van der Waals surface area contributed by atoms with Crippen molar-refractivity contribution < 1.29 is 4.79 Å². The van der Waals surface area contributed by atoms with Crippen molar-refractivity contribution in [1.29, 1.82) is 0 Å². The minimum atomic E-state index is 0.179. The summed E-state index contributed by atoms with van der Waals surface area (Å²) in [5, 5.41) is 8.95. The van der Waals surface area contributed by atoms with E-state index >= 15 is 0 Å². The van der Waals surface area contributed by atoms with Crippen molar-refractivity contribution in [2.24, 2.45) is 7.05 Å².